The molecule has 4 heterocycles. The minimum Gasteiger partial charge on any atom is -0.257 e. The van der Waals surface area contributed by atoms with Crippen molar-refractivity contribution in [1.29, 1.82) is 0 Å². The summed E-state index contributed by atoms with van der Waals surface area (Å²) in [6.07, 6.45) is 22.0. The van der Waals surface area contributed by atoms with E-state index in [4.69, 9.17) is 0 Å². The first kappa shape index (κ1) is 23.8. The van der Waals surface area contributed by atoms with E-state index in [1.807, 2.05) is 29.2 Å². The second-order valence-corrected chi connectivity index (χ2v) is 8.20. The third kappa shape index (κ3) is 9.10. The quantitative estimate of drug-likeness (QED) is 0.284. The fourth-order valence-electron chi connectivity index (χ4n) is 2.57. The second-order valence-electron chi connectivity index (χ2n) is 6.57. The number of nitrogens with zero attached hydrogens (tertiary/aromatic N) is 10. The summed E-state index contributed by atoms with van der Waals surface area (Å²) < 4.78 is 5.15. The van der Waals surface area contributed by atoms with Gasteiger partial charge in [0.2, 0.25) is 0 Å². The minimum absolute atomic E-state index is 0.743. The number of aromatic nitrogens is 10. The van der Waals surface area contributed by atoms with Crippen LogP contribution in [0.15, 0.2) is 64.9 Å². The van der Waals surface area contributed by atoms with Gasteiger partial charge in [0.1, 0.15) is 9.21 Å². The number of aryl methyl sites for hydroxylation is 3. The van der Waals surface area contributed by atoms with Crippen LogP contribution in [0.5, 0.6) is 0 Å². The molecule has 4 aromatic heterocycles. The molecular weight excluding hydrogens is 540 g/mol. The average molecular weight is 562 g/mol. The van der Waals surface area contributed by atoms with Gasteiger partial charge in [0.05, 0.1) is 42.4 Å². The van der Waals surface area contributed by atoms with E-state index < -0.39 is 0 Å². The lowest BCUT2D eigenvalue weighted by Gasteiger charge is -2.01. The molecule has 0 saturated heterocycles. The van der Waals surface area contributed by atoms with Gasteiger partial charge in [-0.05, 0) is 63.6 Å². The molecule has 0 fully saturated rings. The van der Waals surface area contributed by atoms with E-state index in [2.05, 4.69) is 72.4 Å². The molecule has 0 spiro atoms. The zero-order valence-electron chi connectivity index (χ0n) is 17.2. The smallest absolute Gasteiger partial charge is 0.124 e. The second kappa shape index (κ2) is 13.5. The van der Waals surface area contributed by atoms with Crippen LogP contribution in [0, 0.1) is 0 Å². The van der Waals surface area contributed by atoms with Gasteiger partial charge >= 0.3 is 0 Å². The summed E-state index contributed by atoms with van der Waals surface area (Å²) in [7, 11) is 0. The van der Waals surface area contributed by atoms with Gasteiger partial charge < -0.3 is 0 Å². The number of allylic oxidation sites excluding steroid dienone is 1. The lowest BCUT2D eigenvalue weighted by Crippen LogP contribution is -2.00. The summed E-state index contributed by atoms with van der Waals surface area (Å²) in [4.78, 5) is 16.7. The molecule has 10 nitrogen and oxygen atoms in total. The normalized spacial score (nSPS) is 10.8. The molecule has 0 aliphatic rings. The zero-order valence-corrected chi connectivity index (χ0v) is 20.4. The lowest BCUT2D eigenvalue weighted by atomic mass is 10.2. The Labute approximate surface area is 202 Å². The molecule has 4 aromatic rings. The van der Waals surface area contributed by atoms with Crippen LogP contribution in [-0.4, -0.2) is 49.9 Å². The van der Waals surface area contributed by atoms with Crippen LogP contribution in [-0.2, 0) is 19.5 Å². The molecule has 0 unspecified atom stereocenters. The third-order valence-electron chi connectivity index (χ3n) is 4.14. The van der Waals surface area contributed by atoms with Crippen molar-refractivity contribution in [2.45, 2.75) is 38.8 Å². The Morgan fingerprint density at radius 1 is 0.750 bits per heavy atom. The predicted molar refractivity (Wildman–Crippen MR) is 126 cm³/mol. The first-order valence-electron chi connectivity index (χ1n) is 9.98. The maximum Gasteiger partial charge on any atom is 0.124 e. The van der Waals surface area contributed by atoms with Gasteiger partial charge in [-0.1, -0.05) is 16.5 Å². The molecule has 0 radical (unpaired) electrons. The minimum atomic E-state index is 0.743. The van der Waals surface area contributed by atoms with E-state index in [9.17, 15) is 0 Å². The van der Waals surface area contributed by atoms with Crippen molar-refractivity contribution in [3.63, 3.8) is 0 Å². The Morgan fingerprint density at radius 2 is 1.44 bits per heavy atom. The molecule has 166 valence electrons. The standard InChI is InChI=1S/C10H12BrN5.C10H10BrN5/c2*11-10-8-12-9(7-13-10)3-1-2-5-16-6-4-14-15-16/h4,6-8H,1-3,5H2;1,3-4,6-8H,2,5H2. The van der Waals surface area contributed by atoms with E-state index in [-0.39, 0.29) is 0 Å². The maximum atomic E-state index is 4.27. The maximum absolute atomic E-state index is 4.27. The molecule has 0 bridgehead atoms. The van der Waals surface area contributed by atoms with Crippen molar-refractivity contribution in [2.24, 2.45) is 0 Å². The van der Waals surface area contributed by atoms with Gasteiger partial charge in [-0.2, -0.15) is 0 Å². The Hall–Kier alpha value is -2.86. The van der Waals surface area contributed by atoms with Crippen molar-refractivity contribution in [1.82, 2.24) is 49.9 Å². The van der Waals surface area contributed by atoms with Gasteiger partial charge in [0.15, 0.2) is 0 Å². The molecule has 0 aromatic carbocycles. The fraction of sp³-hybridized carbons (Fsp3) is 0.300. The summed E-state index contributed by atoms with van der Waals surface area (Å²) in [6.45, 7) is 1.73. The van der Waals surface area contributed by atoms with Gasteiger partial charge in [-0.15, -0.1) is 10.2 Å². The average Bonchev–Trinajstić information content (AvgIpc) is 3.52. The van der Waals surface area contributed by atoms with Crippen LogP contribution in [0.1, 0.15) is 30.7 Å². The molecule has 0 N–H and O–H groups in total. The molecule has 32 heavy (non-hydrogen) atoms. The van der Waals surface area contributed by atoms with Gasteiger partial charge in [0, 0.05) is 31.7 Å². The Bertz CT molecular complexity index is 1030. The first-order chi connectivity index (χ1) is 15.7. The number of rotatable bonds is 9. The van der Waals surface area contributed by atoms with E-state index in [0.29, 0.717) is 0 Å². The molecule has 4 rings (SSSR count). The number of hydrogen-bond donors (Lipinski definition) is 0. The number of halogens is 2. The number of hydrogen-bond acceptors (Lipinski definition) is 8. The largest absolute Gasteiger partial charge is 0.257 e. The molecular formula is C20H22Br2N10. The van der Waals surface area contributed by atoms with Crippen molar-refractivity contribution in [3.05, 3.63) is 76.2 Å². The van der Waals surface area contributed by atoms with Crippen LogP contribution in [0.4, 0.5) is 0 Å². The highest BCUT2D eigenvalue weighted by Gasteiger charge is 1.97. The Kier molecular flexibility index (Phi) is 10.1. The molecule has 0 amide bonds. The van der Waals surface area contributed by atoms with Crippen molar-refractivity contribution < 1.29 is 0 Å². The topological polar surface area (TPSA) is 113 Å². The fourth-order valence-corrected chi connectivity index (χ4v) is 2.98. The SMILES string of the molecule is Brc1cnc(C=CCCn2ccnn2)cn1.Brc1cnc(CCCCn2ccnn2)cn1. The van der Waals surface area contributed by atoms with Crippen LogP contribution in [0.3, 0.4) is 0 Å². The Morgan fingerprint density at radius 3 is 2.03 bits per heavy atom. The van der Waals surface area contributed by atoms with Crippen LogP contribution in [0.2, 0.25) is 0 Å². The molecule has 0 saturated carbocycles. The van der Waals surface area contributed by atoms with E-state index in [1.165, 1.54) is 0 Å². The van der Waals surface area contributed by atoms with Crippen molar-refractivity contribution in [2.75, 3.05) is 0 Å². The molecule has 0 aliphatic heterocycles. The molecule has 0 aliphatic carbocycles. The first-order valence-corrected chi connectivity index (χ1v) is 11.6. The highest BCUT2D eigenvalue weighted by molar-refractivity contribution is 9.10. The highest BCUT2D eigenvalue weighted by Crippen LogP contribution is 2.06. The summed E-state index contributed by atoms with van der Waals surface area (Å²) in [5.74, 6) is 0. The molecule has 0 atom stereocenters. The molecule has 12 heteroatoms. The lowest BCUT2D eigenvalue weighted by molar-refractivity contribution is 0.539. The number of unbranched alkanes of at least 4 members (excludes halogenated alkanes) is 1. The summed E-state index contributed by atoms with van der Waals surface area (Å²) >= 11 is 6.50. The van der Waals surface area contributed by atoms with Crippen LogP contribution in [0.25, 0.3) is 6.08 Å². The van der Waals surface area contributed by atoms with Gasteiger partial charge in [0.25, 0.3) is 0 Å². The van der Waals surface area contributed by atoms with Crippen LogP contribution >= 0.6 is 31.9 Å². The van der Waals surface area contributed by atoms with E-state index in [0.717, 1.165) is 59.4 Å². The monoisotopic (exact) mass is 560 g/mol. The van der Waals surface area contributed by atoms with Crippen molar-refractivity contribution >= 4 is 37.9 Å². The van der Waals surface area contributed by atoms with Gasteiger partial charge in [-0.3, -0.25) is 19.3 Å². The Balaban J connectivity index is 0.000000181. The van der Waals surface area contributed by atoms with E-state index >= 15 is 0 Å². The zero-order chi connectivity index (χ0) is 22.4. The van der Waals surface area contributed by atoms with Crippen LogP contribution < -0.4 is 0 Å². The summed E-state index contributed by atoms with van der Waals surface area (Å²) in [6, 6.07) is 0. The summed E-state index contributed by atoms with van der Waals surface area (Å²) in [5, 5.41) is 15.3. The van der Waals surface area contributed by atoms with Crippen molar-refractivity contribution in [3.8, 4) is 0 Å². The summed E-state index contributed by atoms with van der Waals surface area (Å²) in [5.41, 5.74) is 1.88. The van der Waals surface area contributed by atoms with E-state index in [1.54, 1.807) is 41.9 Å². The predicted octanol–water partition coefficient (Wildman–Crippen LogP) is 3.79. The van der Waals surface area contributed by atoms with Gasteiger partial charge in [-0.25, -0.2) is 9.97 Å². The highest BCUT2D eigenvalue weighted by atomic mass is 79.9. The third-order valence-corrected chi connectivity index (χ3v) is 4.96.